The number of aromatic nitrogens is 2. The minimum atomic E-state index is -0.161. The van der Waals surface area contributed by atoms with Gasteiger partial charge in [-0.05, 0) is 35.7 Å². The fourth-order valence-corrected chi connectivity index (χ4v) is 2.42. The predicted octanol–water partition coefficient (Wildman–Crippen LogP) is 3.02. The maximum Gasteiger partial charge on any atom is 0.274 e. The lowest BCUT2D eigenvalue weighted by atomic mass is 10.0. The molecule has 0 aliphatic rings. The van der Waals surface area contributed by atoms with Gasteiger partial charge in [0.25, 0.3) is 5.56 Å². The Hall–Kier alpha value is -2.49. The highest BCUT2D eigenvalue weighted by Crippen LogP contribution is 2.21. The van der Waals surface area contributed by atoms with Crippen molar-refractivity contribution in [2.75, 3.05) is 5.73 Å². The van der Waals surface area contributed by atoms with Crippen LogP contribution in [0.2, 0.25) is 0 Å². The summed E-state index contributed by atoms with van der Waals surface area (Å²) < 4.78 is 1.78. The van der Waals surface area contributed by atoms with Gasteiger partial charge in [-0.3, -0.25) is 14.6 Å². The van der Waals surface area contributed by atoms with Gasteiger partial charge < -0.3 is 5.73 Å². The normalized spacial score (nSPS) is 11.3. The first kappa shape index (κ1) is 12.5. The number of anilines is 1. The van der Waals surface area contributed by atoms with E-state index in [-0.39, 0.29) is 5.56 Å². The average molecular weight is 267 g/mol. The highest BCUT2D eigenvalue weighted by molar-refractivity contribution is 5.90. The molecule has 0 unspecified atom stereocenters. The molecule has 1 heterocycles. The molecule has 4 nitrogen and oxygen atoms in total. The minimum absolute atomic E-state index is 0.161. The molecule has 0 radical (unpaired) electrons. The fraction of sp³-hybridized carbons (Fsp3) is 0.188. The second kappa shape index (κ2) is 4.56. The minimum Gasteiger partial charge on any atom is -0.398 e. The average Bonchev–Trinajstić information content (AvgIpc) is 2.77. The zero-order valence-electron chi connectivity index (χ0n) is 11.6. The molecule has 20 heavy (non-hydrogen) atoms. The molecule has 0 spiro atoms. The molecule has 102 valence electrons. The number of H-pyrrole nitrogens is 1. The van der Waals surface area contributed by atoms with E-state index in [1.807, 2.05) is 24.3 Å². The second-order valence-electron chi connectivity index (χ2n) is 5.26. The van der Waals surface area contributed by atoms with Gasteiger partial charge in [-0.15, -0.1) is 0 Å². The van der Waals surface area contributed by atoms with Crippen molar-refractivity contribution in [2.24, 2.45) is 0 Å². The van der Waals surface area contributed by atoms with Crippen LogP contribution in [0.15, 0.2) is 47.3 Å². The van der Waals surface area contributed by atoms with E-state index in [0.29, 0.717) is 17.0 Å². The molecule has 0 aliphatic heterocycles. The standard InChI is InChI=1S/C16H17N3O/c1-10(2)11-6-8-12(9-7-11)19-14-5-3-4-13(17)15(14)16(20)18-19/h3-10H,17H2,1-2H3,(H,18,20). The molecule has 3 N–H and O–H groups in total. The van der Waals surface area contributed by atoms with Crippen LogP contribution in [0.5, 0.6) is 0 Å². The summed E-state index contributed by atoms with van der Waals surface area (Å²) in [5.74, 6) is 0.486. The maximum atomic E-state index is 12.0. The number of nitrogens with two attached hydrogens (primary N) is 1. The number of nitrogens with one attached hydrogen (secondary N) is 1. The van der Waals surface area contributed by atoms with Crippen LogP contribution in [-0.4, -0.2) is 9.78 Å². The number of nitrogen functional groups attached to an aromatic ring is 1. The molecule has 0 saturated carbocycles. The Bertz CT molecular complexity index is 810. The second-order valence-corrected chi connectivity index (χ2v) is 5.26. The van der Waals surface area contributed by atoms with Crippen molar-refractivity contribution in [1.29, 1.82) is 0 Å². The summed E-state index contributed by atoms with van der Waals surface area (Å²) in [6, 6.07) is 13.7. The third-order valence-corrected chi connectivity index (χ3v) is 3.57. The summed E-state index contributed by atoms with van der Waals surface area (Å²) in [5, 5.41) is 3.38. The summed E-state index contributed by atoms with van der Waals surface area (Å²) in [6.07, 6.45) is 0. The number of hydrogen-bond donors (Lipinski definition) is 2. The van der Waals surface area contributed by atoms with E-state index in [1.165, 1.54) is 5.56 Å². The highest BCUT2D eigenvalue weighted by atomic mass is 16.1. The van der Waals surface area contributed by atoms with Crippen molar-refractivity contribution in [3.05, 3.63) is 58.4 Å². The van der Waals surface area contributed by atoms with E-state index in [0.717, 1.165) is 11.2 Å². The van der Waals surface area contributed by atoms with E-state index in [4.69, 9.17) is 5.73 Å². The smallest absolute Gasteiger partial charge is 0.274 e. The molecule has 0 fully saturated rings. The molecule has 4 heteroatoms. The van der Waals surface area contributed by atoms with Crippen molar-refractivity contribution in [3.63, 3.8) is 0 Å². The molecule has 3 rings (SSSR count). The lowest BCUT2D eigenvalue weighted by Gasteiger charge is -2.08. The Morgan fingerprint density at radius 2 is 1.80 bits per heavy atom. The van der Waals surface area contributed by atoms with Crippen LogP contribution < -0.4 is 11.3 Å². The van der Waals surface area contributed by atoms with Gasteiger partial charge in [-0.2, -0.15) is 0 Å². The van der Waals surface area contributed by atoms with E-state index in [1.54, 1.807) is 10.7 Å². The third-order valence-electron chi connectivity index (χ3n) is 3.57. The van der Waals surface area contributed by atoms with Gasteiger partial charge in [-0.25, -0.2) is 0 Å². The van der Waals surface area contributed by atoms with Gasteiger partial charge in [0, 0.05) is 5.69 Å². The van der Waals surface area contributed by atoms with Crippen molar-refractivity contribution in [1.82, 2.24) is 9.78 Å². The van der Waals surface area contributed by atoms with Crippen LogP contribution in [0, 0.1) is 0 Å². The molecule has 0 saturated heterocycles. The van der Waals surface area contributed by atoms with Gasteiger partial charge in [0.15, 0.2) is 0 Å². The van der Waals surface area contributed by atoms with E-state index in [2.05, 4.69) is 31.1 Å². The molecule has 3 aromatic rings. The maximum absolute atomic E-state index is 12.0. The molecular formula is C16H17N3O. The number of aromatic amines is 1. The third kappa shape index (κ3) is 1.90. The number of hydrogen-bond acceptors (Lipinski definition) is 2. The first-order valence-electron chi connectivity index (χ1n) is 6.67. The van der Waals surface area contributed by atoms with E-state index < -0.39 is 0 Å². The number of nitrogens with zero attached hydrogens (tertiary/aromatic N) is 1. The summed E-state index contributed by atoms with van der Waals surface area (Å²) in [7, 11) is 0. The van der Waals surface area contributed by atoms with Gasteiger partial charge in [0.05, 0.1) is 16.6 Å². The molecule has 1 aromatic heterocycles. The summed E-state index contributed by atoms with van der Waals surface area (Å²) in [5.41, 5.74) is 9.21. The van der Waals surface area contributed by atoms with Crippen LogP contribution in [-0.2, 0) is 0 Å². The molecule has 0 atom stereocenters. The van der Waals surface area contributed by atoms with Gasteiger partial charge >= 0.3 is 0 Å². The predicted molar refractivity (Wildman–Crippen MR) is 82.4 cm³/mol. The Morgan fingerprint density at radius 3 is 2.45 bits per heavy atom. The Labute approximate surface area is 116 Å². The largest absolute Gasteiger partial charge is 0.398 e. The van der Waals surface area contributed by atoms with E-state index >= 15 is 0 Å². The fourth-order valence-electron chi connectivity index (χ4n) is 2.42. The zero-order valence-corrected chi connectivity index (χ0v) is 11.6. The van der Waals surface area contributed by atoms with Crippen molar-refractivity contribution in [2.45, 2.75) is 19.8 Å². The SMILES string of the molecule is CC(C)c1ccc(-n2[nH]c(=O)c3c(N)cccc32)cc1. The molecule has 2 aromatic carbocycles. The monoisotopic (exact) mass is 267 g/mol. The summed E-state index contributed by atoms with van der Waals surface area (Å²) in [4.78, 5) is 12.0. The first-order valence-corrected chi connectivity index (χ1v) is 6.67. The highest BCUT2D eigenvalue weighted by Gasteiger charge is 2.10. The van der Waals surface area contributed by atoms with Gasteiger partial charge in [-0.1, -0.05) is 32.0 Å². The van der Waals surface area contributed by atoms with Crippen molar-refractivity contribution < 1.29 is 0 Å². The Kier molecular flexibility index (Phi) is 2.86. The van der Waals surface area contributed by atoms with Crippen LogP contribution in [0.25, 0.3) is 16.6 Å². The van der Waals surface area contributed by atoms with Gasteiger partial charge in [0.2, 0.25) is 0 Å². The zero-order chi connectivity index (χ0) is 14.3. The molecule has 0 bridgehead atoms. The molecule has 0 aliphatic carbocycles. The number of fused-ring (bicyclic) bond motifs is 1. The van der Waals surface area contributed by atoms with Crippen molar-refractivity contribution in [3.8, 4) is 5.69 Å². The van der Waals surface area contributed by atoms with Gasteiger partial charge in [0.1, 0.15) is 0 Å². The quantitative estimate of drug-likeness (QED) is 0.701. The van der Waals surface area contributed by atoms with Crippen LogP contribution in [0.3, 0.4) is 0 Å². The lowest BCUT2D eigenvalue weighted by molar-refractivity contribution is 0.857. The summed E-state index contributed by atoms with van der Waals surface area (Å²) >= 11 is 0. The van der Waals surface area contributed by atoms with E-state index in [9.17, 15) is 4.79 Å². The number of rotatable bonds is 2. The van der Waals surface area contributed by atoms with Crippen LogP contribution in [0.1, 0.15) is 25.3 Å². The summed E-state index contributed by atoms with van der Waals surface area (Å²) in [6.45, 7) is 4.31. The Morgan fingerprint density at radius 1 is 1.10 bits per heavy atom. The van der Waals surface area contributed by atoms with Crippen molar-refractivity contribution >= 4 is 16.6 Å². The van der Waals surface area contributed by atoms with Crippen LogP contribution in [0.4, 0.5) is 5.69 Å². The molecule has 0 amide bonds. The number of benzene rings is 2. The lowest BCUT2D eigenvalue weighted by Crippen LogP contribution is -2.04. The topological polar surface area (TPSA) is 63.8 Å². The first-order chi connectivity index (χ1) is 9.58. The van der Waals surface area contributed by atoms with Crippen LogP contribution >= 0.6 is 0 Å². The Balaban J connectivity index is 2.20. The molecular weight excluding hydrogens is 250 g/mol.